The molecule has 10 heteroatoms. The van der Waals surface area contributed by atoms with E-state index in [1.807, 2.05) is 6.92 Å². The minimum atomic E-state index is -0.603. The van der Waals surface area contributed by atoms with Gasteiger partial charge in [0.15, 0.2) is 18.1 Å². The Labute approximate surface area is 189 Å². The van der Waals surface area contributed by atoms with Crippen molar-refractivity contribution >= 4 is 17.8 Å². The van der Waals surface area contributed by atoms with Gasteiger partial charge in [0.2, 0.25) is 5.82 Å². The number of imide groups is 1. The van der Waals surface area contributed by atoms with Gasteiger partial charge in [-0.1, -0.05) is 16.8 Å². The van der Waals surface area contributed by atoms with Gasteiger partial charge in [0.05, 0.1) is 31.8 Å². The Kier molecular flexibility index (Phi) is 6.07. The predicted molar refractivity (Wildman–Crippen MR) is 114 cm³/mol. The molecule has 1 aliphatic heterocycles. The van der Waals surface area contributed by atoms with Gasteiger partial charge < -0.3 is 18.7 Å². The average Bonchev–Trinajstić information content (AvgIpc) is 3.39. The highest BCUT2D eigenvalue weighted by Gasteiger charge is 2.35. The van der Waals surface area contributed by atoms with Crippen molar-refractivity contribution in [3.8, 4) is 22.9 Å². The summed E-state index contributed by atoms with van der Waals surface area (Å²) in [5, 5.41) is 3.88. The van der Waals surface area contributed by atoms with Gasteiger partial charge in [-0.05, 0) is 37.3 Å². The van der Waals surface area contributed by atoms with Gasteiger partial charge in [0, 0.05) is 12.1 Å². The number of ether oxygens (including phenoxy) is 3. The average molecular weight is 451 g/mol. The SMILES string of the molecule is COc1ccc(-c2noc(COC(=O)CCN3C(=O)c4ccc(C)cc4C3=O)n2)cc1OC. The van der Waals surface area contributed by atoms with E-state index < -0.39 is 17.8 Å². The lowest BCUT2D eigenvalue weighted by Crippen LogP contribution is -2.32. The first kappa shape index (κ1) is 22.0. The van der Waals surface area contributed by atoms with Crippen LogP contribution >= 0.6 is 0 Å². The highest BCUT2D eigenvalue weighted by Crippen LogP contribution is 2.31. The molecule has 3 aromatic rings. The van der Waals surface area contributed by atoms with Gasteiger partial charge in [-0.25, -0.2) is 0 Å². The Balaban J connectivity index is 1.32. The minimum absolute atomic E-state index is 0.0784. The number of fused-ring (bicyclic) bond motifs is 1. The number of carbonyl (C=O) groups is 3. The van der Waals surface area contributed by atoms with E-state index in [0.717, 1.165) is 10.5 Å². The second kappa shape index (κ2) is 9.11. The van der Waals surface area contributed by atoms with E-state index in [-0.39, 0.29) is 25.5 Å². The van der Waals surface area contributed by atoms with Crippen LogP contribution in [0.15, 0.2) is 40.9 Å². The molecule has 0 fully saturated rings. The van der Waals surface area contributed by atoms with Crippen LogP contribution in [0.3, 0.4) is 0 Å². The molecule has 2 aromatic carbocycles. The maximum absolute atomic E-state index is 12.5. The molecule has 0 spiro atoms. The zero-order chi connectivity index (χ0) is 23.5. The first-order valence-electron chi connectivity index (χ1n) is 10.1. The lowest BCUT2D eigenvalue weighted by molar-refractivity contribution is -0.145. The standard InChI is InChI=1S/C23H21N3O7/c1-13-4-6-15-16(10-13)23(29)26(22(15)28)9-8-20(27)32-12-19-24-21(25-33-19)14-5-7-17(30-2)18(11-14)31-3/h4-7,10-11H,8-9,12H2,1-3H3. The zero-order valence-electron chi connectivity index (χ0n) is 18.3. The molecule has 1 aliphatic rings. The summed E-state index contributed by atoms with van der Waals surface area (Å²) in [5.74, 6) is 0.0340. The highest BCUT2D eigenvalue weighted by molar-refractivity contribution is 6.21. The van der Waals surface area contributed by atoms with Gasteiger partial charge in [0.25, 0.3) is 17.7 Å². The van der Waals surface area contributed by atoms with E-state index in [4.69, 9.17) is 18.7 Å². The van der Waals surface area contributed by atoms with Crippen LogP contribution < -0.4 is 9.47 Å². The third-order valence-electron chi connectivity index (χ3n) is 5.13. The number of methoxy groups -OCH3 is 2. The summed E-state index contributed by atoms with van der Waals surface area (Å²) >= 11 is 0. The summed E-state index contributed by atoms with van der Waals surface area (Å²) in [7, 11) is 3.05. The number of esters is 1. The second-order valence-corrected chi connectivity index (χ2v) is 7.30. The van der Waals surface area contributed by atoms with E-state index in [9.17, 15) is 14.4 Å². The Morgan fingerprint density at radius 3 is 2.52 bits per heavy atom. The van der Waals surface area contributed by atoms with Crippen molar-refractivity contribution in [2.24, 2.45) is 0 Å². The molecular weight excluding hydrogens is 430 g/mol. The summed E-state index contributed by atoms with van der Waals surface area (Å²) in [6.45, 7) is 1.53. The summed E-state index contributed by atoms with van der Waals surface area (Å²) < 4.78 is 20.8. The maximum atomic E-state index is 12.5. The molecule has 0 unspecified atom stereocenters. The summed E-state index contributed by atoms with van der Waals surface area (Å²) in [6, 6.07) is 10.2. The largest absolute Gasteiger partial charge is 0.493 e. The molecule has 0 saturated carbocycles. The van der Waals surface area contributed by atoms with Crippen LogP contribution in [0.4, 0.5) is 0 Å². The number of hydrogen-bond donors (Lipinski definition) is 0. The first-order valence-corrected chi connectivity index (χ1v) is 10.1. The second-order valence-electron chi connectivity index (χ2n) is 7.30. The van der Waals surface area contributed by atoms with Gasteiger partial charge in [-0.2, -0.15) is 4.98 Å². The Bertz CT molecular complexity index is 1230. The number of hydrogen-bond acceptors (Lipinski definition) is 9. The van der Waals surface area contributed by atoms with Crippen LogP contribution in [0.2, 0.25) is 0 Å². The van der Waals surface area contributed by atoms with E-state index >= 15 is 0 Å². The fraction of sp³-hybridized carbons (Fsp3) is 0.261. The molecule has 2 amide bonds. The summed E-state index contributed by atoms with van der Waals surface area (Å²) in [6.07, 6.45) is -0.152. The lowest BCUT2D eigenvalue weighted by Gasteiger charge is -2.12. The Morgan fingerprint density at radius 1 is 1.00 bits per heavy atom. The monoisotopic (exact) mass is 451 g/mol. The van der Waals surface area contributed by atoms with Crippen molar-refractivity contribution < 1.29 is 33.1 Å². The van der Waals surface area contributed by atoms with E-state index in [2.05, 4.69) is 10.1 Å². The molecule has 10 nitrogen and oxygen atoms in total. The van der Waals surface area contributed by atoms with Crippen LogP contribution in [0.1, 0.15) is 38.6 Å². The molecule has 0 saturated heterocycles. The smallest absolute Gasteiger partial charge is 0.308 e. The molecule has 0 atom stereocenters. The van der Waals surface area contributed by atoms with Crippen LogP contribution in [-0.4, -0.2) is 53.6 Å². The van der Waals surface area contributed by atoms with Crippen LogP contribution in [-0.2, 0) is 16.1 Å². The molecule has 0 N–H and O–H groups in total. The van der Waals surface area contributed by atoms with Gasteiger partial charge in [0.1, 0.15) is 0 Å². The Hall–Kier alpha value is -4.21. The van der Waals surface area contributed by atoms with Crippen molar-refractivity contribution in [2.75, 3.05) is 20.8 Å². The highest BCUT2D eigenvalue weighted by atomic mass is 16.6. The quantitative estimate of drug-likeness (QED) is 0.376. The molecule has 0 aliphatic carbocycles. The summed E-state index contributed by atoms with van der Waals surface area (Å²) in [5.41, 5.74) is 2.20. The van der Waals surface area contributed by atoms with Crippen molar-refractivity contribution in [1.82, 2.24) is 15.0 Å². The fourth-order valence-corrected chi connectivity index (χ4v) is 3.43. The van der Waals surface area contributed by atoms with Gasteiger partial charge in [-0.15, -0.1) is 0 Å². The number of aryl methyl sites for hydroxylation is 1. The lowest BCUT2D eigenvalue weighted by atomic mass is 10.1. The normalized spacial score (nSPS) is 12.6. The van der Waals surface area contributed by atoms with Crippen LogP contribution in [0.5, 0.6) is 11.5 Å². The van der Waals surface area contributed by atoms with E-state index in [1.54, 1.807) is 36.4 Å². The minimum Gasteiger partial charge on any atom is -0.493 e. The number of nitrogens with zero attached hydrogens (tertiary/aromatic N) is 3. The van der Waals surface area contributed by atoms with Crippen molar-refractivity contribution in [3.63, 3.8) is 0 Å². The van der Waals surface area contributed by atoms with Gasteiger partial charge >= 0.3 is 5.97 Å². The maximum Gasteiger partial charge on any atom is 0.308 e. The number of benzene rings is 2. The number of rotatable bonds is 8. The molecule has 4 rings (SSSR count). The van der Waals surface area contributed by atoms with E-state index in [1.165, 1.54) is 14.2 Å². The van der Waals surface area contributed by atoms with Crippen molar-refractivity contribution in [2.45, 2.75) is 20.0 Å². The molecule has 2 heterocycles. The molecular formula is C23H21N3O7. The Morgan fingerprint density at radius 2 is 1.76 bits per heavy atom. The number of carbonyl (C=O) groups excluding carboxylic acids is 3. The molecule has 1 aromatic heterocycles. The molecule has 170 valence electrons. The van der Waals surface area contributed by atoms with E-state index in [0.29, 0.717) is 34.0 Å². The molecule has 0 radical (unpaired) electrons. The zero-order valence-corrected chi connectivity index (χ0v) is 18.3. The number of aromatic nitrogens is 2. The molecule has 33 heavy (non-hydrogen) atoms. The van der Waals surface area contributed by atoms with Crippen molar-refractivity contribution in [1.29, 1.82) is 0 Å². The third kappa shape index (κ3) is 4.40. The third-order valence-corrected chi connectivity index (χ3v) is 5.13. The van der Waals surface area contributed by atoms with Crippen molar-refractivity contribution in [3.05, 3.63) is 59.0 Å². The number of amides is 2. The fourth-order valence-electron chi connectivity index (χ4n) is 3.43. The van der Waals surface area contributed by atoms with Gasteiger partial charge in [-0.3, -0.25) is 19.3 Å². The summed E-state index contributed by atoms with van der Waals surface area (Å²) in [4.78, 5) is 42.3. The topological polar surface area (TPSA) is 121 Å². The molecule has 0 bridgehead atoms. The predicted octanol–water partition coefficient (Wildman–Crippen LogP) is 2.79. The van der Waals surface area contributed by atoms with Crippen LogP contribution in [0.25, 0.3) is 11.4 Å². The van der Waals surface area contributed by atoms with Crippen LogP contribution in [0, 0.1) is 6.92 Å². The first-order chi connectivity index (χ1) is 15.9.